The van der Waals surface area contributed by atoms with Gasteiger partial charge in [-0.05, 0) is 41.5 Å². The number of hydrogen-bond acceptors (Lipinski definition) is 9. The number of aromatic nitrogens is 3. The predicted molar refractivity (Wildman–Crippen MR) is 134 cm³/mol. The van der Waals surface area contributed by atoms with Crippen LogP contribution in [0, 0.1) is 27.2 Å². The number of nitro benzene ring substituents is 2. The number of hydrogen-bond donors (Lipinski definition) is 2. The molecule has 0 amide bonds. The number of benzene rings is 4. The lowest BCUT2D eigenvalue weighted by atomic mass is 10.1. The van der Waals surface area contributed by atoms with Crippen LogP contribution in [0.4, 0.5) is 28.4 Å². The summed E-state index contributed by atoms with van der Waals surface area (Å²) in [5, 5.41) is 47.4. The molecule has 0 radical (unpaired) electrons. The molecule has 1 heterocycles. The summed E-state index contributed by atoms with van der Waals surface area (Å²) < 4.78 is 0. The van der Waals surface area contributed by atoms with E-state index in [9.17, 15) is 20.2 Å². The van der Waals surface area contributed by atoms with Crippen molar-refractivity contribution in [2.24, 2.45) is 10.2 Å². The maximum Gasteiger partial charge on any atom is 0.281 e. The molecule has 4 aromatic carbocycles. The minimum absolute atomic E-state index is 0.0147. The van der Waals surface area contributed by atoms with Crippen LogP contribution in [-0.4, -0.2) is 25.3 Å². The van der Waals surface area contributed by atoms with E-state index in [1.807, 2.05) is 36.4 Å². The monoisotopic (exact) mass is 482 g/mol. The number of fused-ring (bicyclic) bond motifs is 2. The number of anilines is 1. The van der Waals surface area contributed by atoms with E-state index in [1.165, 1.54) is 6.92 Å². The van der Waals surface area contributed by atoms with Gasteiger partial charge < -0.3 is 5.32 Å². The summed E-state index contributed by atoms with van der Waals surface area (Å²) in [6, 6.07) is 19.8. The molecule has 0 unspecified atom stereocenters. The molecule has 36 heavy (non-hydrogen) atoms. The van der Waals surface area contributed by atoms with Gasteiger partial charge in [0.25, 0.3) is 11.4 Å². The Morgan fingerprint density at radius 1 is 0.944 bits per heavy atom. The molecule has 0 bridgehead atoms. The molecule has 0 aliphatic rings. The quantitative estimate of drug-likeness (QED) is 0.157. The topological polar surface area (TPSA) is 165 Å². The van der Waals surface area contributed by atoms with Crippen molar-refractivity contribution in [3.8, 4) is 0 Å². The highest BCUT2D eigenvalue weighted by molar-refractivity contribution is 5.93. The van der Waals surface area contributed by atoms with Gasteiger partial charge in [-0.2, -0.15) is 0 Å². The molecule has 12 nitrogen and oxygen atoms in total. The molecule has 0 fully saturated rings. The van der Waals surface area contributed by atoms with Gasteiger partial charge in [-0.25, -0.2) is 0 Å². The molecule has 0 aliphatic heterocycles. The van der Waals surface area contributed by atoms with Crippen molar-refractivity contribution < 1.29 is 9.85 Å². The average molecular weight is 482 g/mol. The number of nitrogens with zero attached hydrogens (tertiary/aromatic N) is 6. The minimum atomic E-state index is -0.707. The van der Waals surface area contributed by atoms with Crippen molar-refractivity contribution in [2.75, 3.05) is 5.32 Å². The molecule has 0 saturated heterocycles. The minimum Gasteiger partial charge on any atom is -0.379 e. The van der Waals surface area contributed by atoms with Crippen molar-refractivity contribution in [2.45, 2.75) is 13.5 Å². The van der Waals surface area contributed by atoms with E-state index in [-0.39, 0.29) is 11.3 Å². The maximum absolute atomic E-state index is 11.4. The lowest BCUT2D eigenvalue weighted by Gasteiger charge is -2.10. The number of rotatable bonds is 7. The van der Waals surface area contributed by atoms with Crippen molar-refractivity contribution in [3.05, 3.63) is 98.1 Å². The van der Waals surface area contributed by atoms with E-state index in [0.717, 1.165) is 28.5 Å². The van der Waals surface area contributed by atoms with Crippen LogP contribution in [0.1, 0.15) is 11.1 Å². The van der Waals surface area contributed by atoms with Crippen molar-refractivity contribution >= 4 is 50.2 Å². The van der Waals surface area contributed by atoms with Gasteiger partial charge in [-0.3, -0.25) is 25.3 Å². The summed E-state index contributed by atoms with van der Waals surface area (Å²) in [5.74, 6) is 0. The summed E-state index contributed by atoms with van der Waals surface area (Å²) in [7, 11) is 0. The maximum atomic E-state index is 11.4. The summed E-state index contributed by atoms with van der Waals surface area (Å²) in [4.78, 5) is 21.3. The lowest BCUT2D eigenvalue weighted by molar-refractivity contribution is -0.394. The van der Waals surface area contributed by atoms with Gasteiger partial charge in [0.05, 0.1) is 27.2 Å². The van der Waals surface area contributed by atoms with Crippen LogP contribution < -0.4 is 5.32 Å². The molecule has 5 aromatic rings. The number of nitro groups is 2. The first kappa shape index (κ1) is 22.5. The Balaban J connectivity index is 1.52. The normalized spacial score (nSPS) is 11.4. The first-order chi connectivity index (χ1) is 17.4. The molecule has 12 heteroatoms. The number of nitrogens with one attached hydrogen (secondary N) is 2. The number of azo groups is 1. The zero-order valence-corrected chi connectivity index (χ0v) is 18.9. The number of non-ortho nitro benzene ring substituents is 1. The molecule has 5 rings (SSSR count). The highest BCUT2D eigenvalue weighted by Crippen LogP contribution is 2.37. The van der Waals surface area contributed by atoms with Crippen LogP contribution in [0.15, 0.2) is 77.0 Å². The van der Waals surface area contributed by atoms with Gasteiger partial charge >= 0.3 is 0 Å². The fraction of sp³-hybridized carbons (Fsp3) is 0.0833. The fourth-order valence-corrected chi connectivity index (χ4v) is 3.87. The Morgan fingerprint density at radius 2 is 1.75 bits per heavy atom. The SMILES string of the molecule is Cc1c(/N=N/c2c(NCc3ccc4ccccc4c3)ccc3nn[nH]c23)cc([N+](=O)[O-])cc1[N+](=O)[O-]. The van der Waals surface area contributed by atoms with Crippen molar-refractivity contribution in [1.29, 1.82) is 0 Å². The average Bonchev–Trinajstić information content (AvgIpc) is 3.35. The molecule has 0 atom stereocenters. The van der Waals surface area contributed by atoms with Crippen LogP contribution in [0.3, 0.4) is 0 Å². The highest BCUT2D eigenvalue weighted by Gasteiger charge is 2.21. The van der Waals surface area contributed by atoms with Gasteiger partial charge in [-0.1, -0.05) is 41.6 Å². The van der Waals surface area contributed by atoms with Crippen LogP contribution in [0.25, 0.3) is 21.8 Å². The highest BCUT2D eigenvalue weighted by atomic mass is 16.6. The largest absolute Gasteiger partial charge is 0.379 e. The van der Waals surface area contributed by atoms with Crippen molar-refractivity contribution in [1.82, 2.24) is 15.4 Å². The summed E-state index contributed by atoms with van der Waals surface area (Å²) in [6.45, 7) is 1.95. The first-order valence-electron chi connectivity index (χ1n) is 10.8. The van der Waals surface area contributed by atoms with E-state index in [4.69, 9.17) is 0 Å². The number of aromatic amines is 1. The van der Waals surface area contributed by atoms with E-state index < -0.39 is 21.2 Å². The second kappa shape index (κ2) is 9.18. The molecule has 0 saturated carbocycles. The fourth-order valence-electron chi connectivity index (χ4n) is 3.87. The zero-order valence-electron chi connectivity index (χ0n) is 18.9. The third kappa shape index (κ3) is 4.30. The molecule has 2 N–H and O–H groups in total. The van der Waals surface area contributed by atoms with E-state index in [2.05, 4.69) is 37.0 Å². The standard InChI is InChI=1S/C24H18N8O4/c1-14-21(11-18(31(33)34)12-22(14)32(35)36)26-28-23-19(8-9-20-24(23)29-30-27-20)25-13-15-6-7-16-4-2-3-5-17(16)10-15/h2-12,25H,13H2,1H3,(H,27,29,30)/b28-26+. The van der Waals surface area contributed by atoms with Gasteiger partial charge in [-0.15, -0.1) is 15.3 Å². The lowest BCUT2D eigenvalue weighted by Crippen LogP contribution is -2.00. The van der Waals surface area contributed by atoms with Gasteiger partial charge in [0, 0.05) is 12.6 Å². The van der Waals surface area contributed by atoms with Crippen LogP contribution in [0.2, 0.25) is 0 Å². The third-order valence-electron chi connectivity index (χ3n) is 5.78. The Labute approximate surface area is 203 Å². The van der Waals surface area contributed by atoms with E-state index in [0.29, 0.717) is 29.0 Å². The van der Waals surface area contributed by atoms with Crippen molar-refractivity contribution in [3.63, 3.8) is 0 Å². The van der Waals surface area contributed by atoms with E-state index >= 15 is 0 Å². The second-order valence-corrected chi connectivity index (χ2v) is 8.03. The third-order valence-corrected chi connectivity index (χ3v) is 5.78. The smallest absolute Gasteiger partial charge is 0.281 e. The first-order valence-corrected chi connectivity index (χ1v) is 10.8. The van der Waals surface area contributed by atoms with Crippen LogP contribution in [0.5, 0.6) is 0 Å². The Hall–Kier alpha value is -5.26. The number of H-pyrrole nitrogens is 1. The Kier molecular flexibility index (Phi) is 5.74. The predicted octanol–water partition coefficient (Wildman–Crippen LogP) is 6.26. The summed E-state index contributed by atoms with van der Waals surface area (Å²) >= 11 is 0. The molecular weight excluding hydrogens is 464 g/mol. The molecule has 178 valence electrons. The van der Waals surface area contributed by atoms with Gasteiger partial charge in [0.2, 0.25) is 0 Å². The zero-order chi connectivity index (χ0) is 25.2. The Bertz CT molecular complexity index is 1680. The second-order valence-electron chi connectivity index (χ2n) is 8.03. The molecule has 0 spiro atoms. The van der Waals surface area contributed by atoms with Gasteiger partial charge in [0.1, 0.15) is 22.4 Å². The molecule has 0 aliphatic carbocycles. The van der Waals surface area contributed by atoms with Crippen LogP contribution in [-0.2, 0) is 6.54 Å². The summed E-state index contributed by atoms with van der Waals surface area (Å²) in [5.41, 5.74) is 2.39. The van der Waals surface area contributed by atoms with Crippen LogP contribution >= 0.6 is 0 Å². The van der Waals surface area contributed by atoms with Gasteiger partial charge in [0.15, 0.2) is 0 Å². The molecule has 1 aromatic heterocycles. The Morgan fingerprint density at radius 3 is 2.53 bits per heavy atom. The summed E-state index contributed by atoms with van der Waals surface area (Å²) in [6.07, 6.45) is 0. The molecular formula is C24H18N8O4. The van der Waals surface area contributed by atoms with E-state index in [1.54, 1.807) is 12.1 Å².